The molecule has 0 aliphatic heterocycles. The minimum atomic E-state index is -0.397. The second kappa shape index (κ2) is 5.50. The molecule has 1 aliphatic rings. The summed E-state index contributed by atoms with van der Waals surface area (Å²) >= 11 is 0. The van der Waals surface area contributed by atoms with Gasteiger partial charge in [0.05, 0.1) is 6.61 Å². The van der Waals surface area contributed by atoms with Crippen molar-refractivity contribution in [2.24, 2.45) is 5.92 Å². The summed E-state index contributed by atoms with van der Waals surface area (Å²) in [4.78, 5) is 12.0. The van der Waals surface area contributed by atoms with E-state index in [0.717, 1.165) is 32.2 Å². The number of carbonyl (C=O) groups is 1. The van der Waals surface area contributed by atoms with Crippen molar-refractivity contribution >= 4 is 5.97 Å². The Balaban J connectivity index is 2.68. The highest BCUT2D eigenvalue weighted by atomic mass is 16.5. The highest BCUT2D eigenvalue weighted by Gasteiger charge is 2.50. The third-order valence-electron chi connectivity index (χ3n) is 3.16. The summed E-state index contributed by atoms with van der Waals surface area (Å²) in [5, 5.41) is 3.40. The molecule has 3 heteroatoms. The van der Waals surface area contributed by atoms with Gasteiger partial charge in [-0.25, -0.2) is 0 Å². The Kier molecular flexibility index (Phi) is 4.58. The highest BCUT2D eigenvalue weighted by Crippen LogP contribution is 2.42. The van der Waals surface area contributed by atoms with Crippen LogP contribution in [0.1, 0.15) is 46.5 Å². The molecule has 0 spiro atoms. The van der Waals surface area contributed by atoms with Gasteiger partial charge in [0.15, 0.2) is 0 Å². The molecule has 1 fully saturated rings. The molecule has 1 unspecified atom stereocenters. The summed E-state index contributed by atoms with van der Waals surface area (Å²) in [6.45, 7) is 7.42. The van der Waals surface area contributed by atoms with E-state index in [0.29, 0.717) is 12.5 Å². The molecule has 1 N–H and O–H groups in total. The number of ether oxygens (including phenoxy) is 1. The van der Waals surface area contributed by atoms with E-state index in [1.807, 2.05) is 6.92 Å². The number of esters is 1. The van der Waals surface area contributed by atoms with Crippen LogP contribution in [-0.2, 0) is 9.53 Å². The Morgan fingerprint density at radius 2 is 2.07 bits per heavy atom. The van der Waals surface area contributed by atoms with E-state index in [4.69, 9.17) is 4.74 Å². The second-order valence-electron chi connectivity index (χ2n) is 4.25. The highest BCUT2D eigenvalue weighted by molar-refractivity contribution is 5.81. The predicted octanol–water partition coefficient (Wildman–Crippen LogP) is 2.11. The molecule has 3 nitrogen and oxygen atoms in total. The Morgan fingerprint density at radius 3 is 2.47 bits per heavy atom. The lowest BCUT2D eigenvalue weighted by Crippen LogP contribution is -2.54. The van der Waals surface area contributed by atoms with Crippen LogP contribution in [0.15, 0.2) is 0 Å². The summed E-state index contributed by atoms with van der Waals surface area (Å²) in [6, 6.07) is 0. The van der Waals surface area contributed by atoms with Crippen LogP contribution in [0.2, 0.25) is 0 Å². The van der Waals surface area contributed by atoms with Crippen LogP contribution in [0, 0.1) is 5.92 Å². The van der Waals surface area contributed by atoms with E-state index in [9.17, 15) is 4.79 Å². The van der Waals surface area contributed by atoms with E-state index >= 15 is 0 Å². The van der Waals surface area contributed by atoms with Gasteiger partial charge in [0.2, 0.25) is 0 Å². The molecule has 15 heavy (non-hydrogen) atoms. The van der Waals surface area contributed by atoms with Gasteiger partial charge in [-0.1, -0.05) is 13.8 Å². The molecule has 0 radical (unpaired) electrons. The van der Waals surface area contributed by atoms with Crippen LogP contribution in [0.25, 0.3) is 0 Å². The smallest absolute Gasteiger partial charge is 0.326 e. The molecule has 0 heterocycles. The Morgan fingerprint density at radius 1 is 1.40 bits per heavy atom. The monoisotopic (exact) mass is 213 g/mol. The van der Waals surface area contributed by atoms with Crippen molar-refractivity contribution in [2.45, 2.75) is 52.0 Å². The average Bonchev–Trinajstić information content (AvgIpc) is 3.04. The minimum absolute atomic E-state index is 0.0524. The first-order valence-electron chi connectivity index (χ1n) is 6.13. The van der Waals surface area contributed by atoms with E-state index in [2.05, 4.69) is 19.2 Å². The zero-order valence-corrected chi connectivity index (χ0v) is 10.1. The second-order valence-corrected chi connectivity index (χ2v) is 4.25. The molecule has 0 aromatic heterocycles. The van der Waals surface area contributed by atoms with Crippen LogP contribution >= 0.6 is 0 Å². The lowest BCUT2D eigenvalue weighted by atomic mass is 9.90. The molecule has 1 saturated carbocycles. The van der Waals surface area contributed by atoms with E-state index in [1.54, 1.807) is 0 Å². The third-order valence-corrected chi connectivity index (χ3v) is 3.16. The SMILES string of the molecule is CCCNC(CC)(C(=O)OCC)C1CC1. The maximum absolute atomic E-state index is 12.0. The van der Waals surface area contributed by atoms with Crippen molar-refractivity contribution in [2.75, 3.05) is 13.2 Å². The first-order valence-corrected chi connectivity index (χ1v) is 6.13. The van der Waals surface area contributed by atoms with Gasteiger partial charge in [-0.05, 0) is 45.1 Å². The van der Waals surface area contributed by atoms with Crippen LogP contribution < -0.4 is 5.32 Å². The molecule has 0 aromatic rings. The lowest BCUT2D eigenvalue weighted by Gasteiger charge is -2.31. The standard InChI is InChI=1S/C12H23NO2/c1-4-9-13-12(5-2,10-7-8-10)11(14)15-6-3/h10,13H,4-9H2,1-3H3. The van der Waals surface area contributed by atoms with Gasteiger partial charge in [0, 0.05) is 0 Å². The van der Waals surface area contributed by atoms with Gasteiger partial charge in [-0.15, -0.1) is 0 Å². The van der Waals surface area contributed by atoms with Gasteiger partial charge < -0.3 is 10.1 Å². The number of rotatable bonds is 7. The van der Waals surface area contributed by atoms with Crippen molar-refractivity contribution in [1.29, 1.82) is 0 Å². The van der Waals surface area contributed by atoms with Crippen molar-refractivity contribution in [3.8, 4) is 0 Å². The average molecular weight is 213 g/mol. The van der Waals surface area contributed by atoms with Gasteiger partial charge in [0.25, 0.3) is 0 Å². The molecule has 1 aliphatic carbocycles. The maximum atomic E-state index is 12.0. The normalized spacial score (nSPS) is 19.7. The molecular formula is C12H23NO2. The van der Waals surface area contributed by atoms with E-state index in [1.165, 1.54) is 0 Å². The Labute approximate surface area is 92.6 Å². The van der Waals surface area contributed by atoms with Crippen molar-refractivity contribution < 1.29 is 9.53 Å². The number of hydrogen-bond donors (Lipinski definition) is 1. The molecular weight excluding hydrogens is 190 g/mol. The zero-order valence-electron chi connectivity index (χ0n) is 10.1. The van der Waals surface area contributed by atoms with Gasteiger partial charge >= 0.3 is 5.97 Å². The molecule has 88 valence electrons. The fraction of sp³-hybridized carbons (Fsp3) is 0.917. The number of nitrogens with one attached hydrogen (secondary N) is 1. The summed E-state index contributed by atoms with van der Waals surface area (Å²) in [5.74, 6) is 0.441. The first-order chi connectivity index (χ1) is 7.21. The number of carbonyl (C=O) groups excluding carboxylic acids is 1. The Hall–Kier alpha value is -0.570. The largest absolute Gasteiger partial charge is 0.465 e. The van der Waals surface area contributed by atoms with Gasteiger partial charge in [-0.2, -0.15) is 0 Å². The predicted molar refractivity (Wildman–Crippen MR) is 60.7 cm³/mol. The molecule has 1 rings (SSSR count). The van der Waals surface area contributed by atoms with Gasteiger partial charge in [0.1, 0.15) is 5.54 Å². The van der Waals surface area contributed by atoms with E-state index < -0.39 is 5.54 Å². The van der Waals surface area contributed by atoms with Crippen LogP contribution in [0.4, 0.5) is 0 Å². The summed E-state index contributed by atoms with van der Waals surface area (Å²) in [5.41, 5.74) is -0.397. The van der Waals surface area contributed by atoms with Crippen LogP contribution in [0.5, 0.6) is 0 Å². The van der Waals surface area contributed by atoms with E-state index in [-0.39, 0.29) is 5.97 Å². The fourth-order valence-electron chi connectivity index (χ4n) is 2.13. The Bertz CT molecular complexity index is 214. The fourth-order valence-corrected chi connectivity index (χ4v) is 2.13. The zero-order chi connectivity index (χ0) is 11.3. The summed E-state index contributed by atoms with van der Waals surface area (Å²) in [7, 11) is 0. The van der Waals surface area contributed by atoms with Crippen molar-refractivity contribution in [3.63, 3.8) is 0 Å². The molecule has 0 amide bonds. The first kappa shape index (κ1) is 12.5. The number of hydrogen-bond acceptors (Lipinski definition) is 3. The molecule has 0 saturated heterocycles. The van der Waals surface area contributed by atoms with Crippen molar-refractivity contribution in [1.82, 2.24) is 5.32 Å². The van der Waals surface area contributed by atoms with Crippen LogP contribution in [-0.4, -0.2) is 24.7 Å². The topological polar surface area (TPSA) is 38.3 Å². The van der Waals surface area contributed by atoms with Crippen LogP contribution in [0.3, 0.4) is 0 Å². The van der Waals surface area contributed by atoms with Gasteiger partial charge in [-0.3, -0.25) is 4.79 Å². The third kappa shape index (κ3) is 2.71. The lowest BCUT2D eigenvalue weighted by molar-refractivity contribution is -0.152. The molecule has 1 atom stereocenters. The molecule has 0 aromatic carbocycles. The summed E-state index contributed by atoms with van der Waals surface area (Å²) in [6.07, 6.45) is 4.19. The maximum Gasteiger partial charge on any atom is 0.326 e. The minimum Gasteiger partial charge on any atom is -0.465 e. The summed E-state index contributed by atoms with van der Waals surface area (Å²) < 4.78 is 5.20. The quantitative estimate of drug-likeness (QED) is 0.658. The van der Waals surface area contributed by atoms with Crippen molar-refractivity contribution in [3.05, 3.63) is 0 Å². The molecule has 0 bridgehead atoms.